The molecule has 2 aromatic rings. The highest BCUT2D eigenvalue weighted by Gasteiger charge is 2.31. The second-order valence-corrected chi connectivity index (χ2v) is 7.86. The quantitative estimate of drug-likeness (QED) is 0.776. The van der Waals surface area contributed by atoms with Crippen LogP contribution >= 0.6 is 27.7 Å². The molecule has 2 aliphatic rings. The molecule has 0 spiro atoms. The number of halogens is 1. The number of rotatable bonds is 2. The molecule has 130 valence electrons. The van der Waals surface area contributed by atoms with Crippen molar-refractivity contribution in [2.75, 3.05) is 30.8 Å². The molecule has 1 atom stereocenters. The molecule has 2 amide bonds. The highest BCUT2D eigenvalue weighted by molar-refractivity contribution is 9.10. The summed E-state index contributed by atoms with van der Waals surface area (Å²) in [7, 11) is 0. The van der Waals surface area contributed by atoms with E-state index < -0.39 is 0 Å². The molecule has 7 heteroatoms. The molecule has 1 N–H and O–H groups in total. The van der Waals surface area contributed by atoms with E-state index >= 15 is 0 Å². The standard InChI is InChI=1S/C18H17BrN2O3S/c19-13-2-4-14(5-3-13)20-18(22)21-7-10-25-17(21)12-1-6-15-16(11-12)24-9-8-23-15/h1-6,11,17H,7-10H2,(H,20,22). The third kappa shape index (κ3) is 3.57. The lowest BCUT2D eigenvalue weighted by Crippen LogP contribution is -2.34. The zero-order valence-electron chi connectivity index (χ0n) is 13.4. The van der Waals surface area contributed by atoms with Gasteiger partial charge in [-0.2, -0.15) is 0 Å². The number of amides is 2. The maximum absolute atomic E-state index is 12.7. The van der Waals surface area contributed by atoms with Crippen molar-refractivity contribution in [3.8, 4) is 11.5 Å². The molecule has 0 bridgehead atoms. The van der Waals surface area contributed by atoms with E-state index in [4.69, 9.17) is 9.47 Å². The van der Waals surface area contributed by atoms with Gasteiger partial charge in [0.2, 0.25) is 0 Å². The number of hydrogen-bond acceptors (Lipinski definition) is 4. The molecule has 2 aliphatic heterocycles. The fraction of sp³-hybridized carbons (Fsp3) is 0.278. The van der Waals surface area contributed by atoms with Gasteiger partial charge in [0, 0.05) is 22.5 Å². The Morgan fingerprint density at radius 2 is 1.88 bits per heavy atom. The Hall–Kier alpha value is -1.86. The van der Waals surface area contributed by atoms with Crippen molar-refractivity contribution in [2.45, 2.75) is 5.37 Å². The van der Waals surface area contributed by atoms with Crippen LogP contribution in [0, 0.1) is 0 Å². The van der Waals surface area contributed by atoms with Crippen molar-refractivity contribution in [1.29, 1.82) is 0 Å². The molecule has 1 saturated heterocycles. The van der Waals surface area contributed by atoms with E-state index in [0.717, 1.165) is 33.0 Å². The number of thioether (sulfide) groups is 1. The van der Waals surface area contributed by atoms with Crippen LogP contribution in [-0.2, 0) is 0 Å². The van der Waals surface area contributed by atoms with Crippen molar-refractivity contribution < 1.29 is 14.3 Å². The van der Waals surface area contributed by atoms with Crippen LogP contribution in [-0.4, -0.2) is 36.4 Å². The first-order chi connectivity index (χ1) is 12.2. The monoisotopic (exact) mass is 420 g/mol. The topological polar surface area (TPSA) is 50.8 Å². The molecule has 2 heterocycles. The van der Waals surface area contributed by atoms with Gasteiger partial charge in [-0.3, -0.25) is 0 Å². The lowest BCUT2D eigenvalue weighted by Gasteiger charge is -2.26. The minimum atomic E-state index is -0.0905. The first-order valence-electron chi connectivity index (χ1n) is 8.05. The maximum Gasteiger partial charge on any atom is 0.323 e. The van der Waals surface area contributed by atoms with Crippen molar-refractivity contribution in [3.05, 3.63) is 52.5 Å². The Labute approximate surface area is 158 Å². The molecular weight excluding hydrogens is 404 g/mol. The zero-order chi connectivity index (χ0) is 17.2. The predicted molar refractivity (Wildman–Crippen MR) is 102 cm³/mol. The van der Waals surface area contributed by atoms with E-state index in [2.05, 4.69) is 21.2 Å². The van der Waals surface area contributed by atoms with Crippen LogP contribution in [0.3, 0.4) is 0 Å². The van der Waals surface area contributed by atoms with Gasteiger partial charge < -0.3 is 19.7 Å². The van der Waals surface area contributed by atoms with Crippen molar-refractivity contribution >= 4 is 39.4 Å². The van der Waals surface area contributed by atoms with Crippen LogP contribution in [0.1, 0.15) is 10.9 Å². The van der Waals surface area contributed by atoms with E-state index in [9.17, 15) is 4.79 Å². The maximum atomic E-state index is 12.7. The Morgan fingerprint density at radius 1 is 1.12 bits per heavy atom. The Balaban J connectivity index is 1.51. The summed E-state index contributed by atoms with van der Waals surface area (Å²) in [5.74, 6) is 2.43. The summed E-state index contributed by atoms with van der Waals surface area (Å²) >= 11 is 5.16. The van der Waals surface area contributed by atoms with Gasteiger partial charge in [0.05, 0.1) is 0 Å². The molecular formula is C18H17BrN2O3S. The van der Waals surface area contributed by atoms with E-state index in [-0.39, 0.29) is 11.4 Å². The zero-order valence-corrected chi connectivity index (χ0v) is 15.8. The number of ether oxygens (including phenoxy) is 2. The molecule has 25 heavy (non-hydrogen) atoms. The molecule has 1 unspecified atom stereocenters. The number of hydrogen-bond donors (Lipinski definition) is 1. The minimum absolute atomic E-state index is 0.0220. The van der Waals surface area contributed by atoms with Crippen LogP contribution in [0.2, 0.25) is 0 Å². The van der Waals surface area contributed by atoms with Gasteiger partial charge in [-0.25, -0.2) is 4.79 Å². The number of nitrogens with one attached hydrogen (secondary N) is 1. The minimum Gasteiger partial charge on any atom is -0.486 e. The second-order valence-electron chi connectivity index (χ2n) is 5.76. The summed E-state index contributed by atoms with van der Waals surface area (Å²) in [5.41, 5.74) is 1.84. The summed E-state index contributed by atoms with van der Waals surface area (Å²) in [4.78, 5) is 14.6. The van der Waals surface area contributed by atoms with Crippen LogP contribution in [0.5, 0.6) is 11.5 Å². The molecule has 4 rings (SSSR count). The number of nitrogens with zero attached hydrogens (tertiary/aromatic N) is 1. The third-order valence-corrected chi connectivity index (χ3v) is 5.89. The smallest absolute Gasteiger partial charge is 0.323 e. The SMILES string of the molecule is O=C(Nc1ccc(Br)cc1)N1CCSC1c1ccc2c(c1)OCCO2. The van der Waals surface area contributed by atoms with Gasteiger partial charge in [-0.05, 0) is 42.0 Å². The summed E-state index contributed by atoms with van der Waals surface area (Å²) in [6.45, 7) is 1.85. The number of carbonyl (C=O) groups is 1. The van der Waals surface area contributed by atoms with Crippen molar-refractivity contribution in [1.82, 2.24) is 4.90 Å². The normalized spacial score (nSPS) is 18.9. The molecule has 0 radical (unpaired) electrons. The molecule has 0 aromatic heterocycles. The largest absolute Gasteiger partial charge is 0.486 e. The van der Waals surface area contributed by atoms with Gasteiger partial charge in [-0.15, -0.1) is 11.8 Å². The highest BCUT2D eigenvalue weighted by atomic mass is 79.9. The average Bonchev–Trinajstić information content (AvgIpc) is 3.13. The van der Waals surface area contributed by atoms with Crippen molar-refractivity contribution in [3.63, 3.8) is 0 Å². The number of anilines is 1. The second kappa shape index (κ2) is 7.17. The number of urea groups is 1. The van der Waals surface area contributed by atoms with Crippen LogP contribution in [0.15, 0.2) is 46.9 Å². The van der Waals surface area contributed by atoms with Crippen LogP contribution < -0.4 is 14.8 Å². The van der Waals surface area contributed by atoms with Crippen LogP contribution in [0.25, 0.3) is 0 Å². The van der Waals surface area contributed by atoms with E-state index in [1.165, 1.54) is 0 Å². The molecule has 2 aromatic carbocycles. The lowest BCUT2D eigenvalue weighted by atomic mass is 10.1. The molecule has 5 nitrogen and oxygen atoms in total. The molecule has 0 saturated carbocycles. The third-order valence-electron chi connectivity index (χ3n) is 4.10. The predicted octanol–water partition coefficient (Wildman–Crippen LogP) is 4.50. The summed E-state index contributed by atoms with van der Waals surface area (Å²) in [6.07, 6.45) is 0. The fourth-order valence-corrected chi connectivity index (χ4v) is 4.41. The number of carbonyl (C=O) groups excluding carboxylic acids is 1. The number of benzene rings is 2. The highest BCUT2D eigenvalue weighted by Crippen LogP contribution is 2.41. The van der Waals surface area contributed by atoms with E-state index in [1.807, 2.05) is 47.4 Å². The first kappa shape index (κ1) is 16.6. The van der Waals surface area contributed by atoms with Gasteiger partial charge in [0.25, 0.3) is 0 Å². The van der Waals surface area contributed by atoms with Crippen molar-refractivity contribution in [2.24, 2.45) is 0 Å². The van der Waals surface area contributed by atoms with Gasteiger partial charge in [0.1, 0.15) is 18.6 Å². The summed E-state index contributed by atoms with van der Waals surface area (Å²) < 4.78 is 12.2. The Morgan fingerprint density at radius 3 is 2.68 bits per heavy atom. The fourth-order valence-electron chi connectivity index (χ4n) is 2.90. The van der Waals surface area contributed by atoms with E-state index in [0.29, 0.717) is 19.8 Å². The first-order valence-corrected chi connectivity index (χ1v) is 9.89. The van der Waals surface area contributed by atoms with Gasteiger partial charge in [-0.1, -0.05) is 22.0 Å². The van der Waals surface area contributed by atoms with Gasteiger partial charge >= 0.3 is 6.03 Å². The number of fused-ring (bicyclic) bond motifs is 1. The average molecular weight is 421 g/mol. The Kier molecular flexibility index (Phi) is 4.76. The summed E-state index contributed by atoms with van der Waals surface area (Å²) in [6, 6.07) is 13.4. The molecule has 1 fully saturated rings. The Bertz CT molecular complexity index is 784. The van der Waals surface area contributed by atoms with E-state index in [1.54, 1.807) is 11.8 Å². The van der Waals surface area contributed by atoms with Gasteiger partial charge in [0.15, 0.2) is 11.5 Å². The van der Waals surface area contributed by atoms with Crippen LogP contribution in [0.4, 0.5) is 10.5 Å². The lowest BCUT2D eigenvalue weighted by molar-refractivity contribution is 0.171. The summed E-state index contributed by atoms with van der Waals surface area (Å²) in [5, 5.41) is 2.95. The molecule has 0 aliphatic carbocycles.